The molecule has 0 saturated heterocycles. The van der Waals surface area contributed by atoms with Crippen molar-refractivity contribution >= 4 is 159 Å². The number of amides is 4. The minimum absolute atomic E-state index is 0.00861. The number of benzene rings is 10. The summed E-state index contributed by atoms with van der Waals surface area (Å²) in [5.74, 6) is 0.242. The fourth-order valence-corrected chi connectivity index (χ4v) is 23.6. The van der Waals surface area contributed by atoms with Gasteiger partial charge in [0, 0.05) is 96.8 Å². The van der Waals surface area contributed by atoms with E-state index in [0.29, 0.717) is 76.7 Å². The number of aromatic nitrogens is 1. The van der Waals surface area contributed by atoms with Crippen LogP contribution < -0.4 is 30.7 Å². The molecule has 10 aromatic carbocycles. The number of para-hydroxylation sites is 1. The number of carbonyl (C=O) groups is 2. The summed E-state index contributed by atoms with van der Waals surface area (Å²) in [5.41, 5.74) is 21.4. The molecule has 19 rings (SSSR count). The Hall–Kier alpha value is -9.32. The fourth-order valence-electron chi connectivity index (χ4n) is 20.2. The Labute approximate surface area is 790 Å². The lowest BCUT2D eigenvalue weighted by Gasteiger charge is -2.39. The van der Waals surface area contributed by atoms with E-state index in [2.05, 4.69) is 95.6 Å². The quantitative estimate of drug-likeness (QED) is 0.0570. The van der Waals surface area contributed by atoms with Gasteiger partial charge in [-0.15, -0.1) is 0 Å². The first-order valence-electron chi connectivity index (χ1n) is 42.7. The Bertz CT molecular complexity index is 6410. The number of anilines is 6. The summed E-state index contributed by atoms with van der Waals surface area (Å²) in [6.07, 6.45) is 10.6. The number of carbonyl (C=O) groups excluding carboxylic acids is 2. The van der Waals surface area contributed by atoms with E-state index in [1.807, 2.05) is 97.1 Å². The highest BCUT2D eigenvalue weighted by molar-refractivity contribution is 7.93. The van der Waals surface area contributed by atoms with Gasteiger partial charge in [-0.05, 0) is 335 Å². The average molecular weight is 1940 g/mol. The average Bonchev–Trinajstić information content (AvgIpc) is 1.74. The first-order chi connectivity index (χ1) is 61.6. The number of nitrogens with zero attached hydrogens (tertiary/aromatic N) is 5. The van der Waals surface area contributed by atoms with Crippen LogP contribution in [-0.4, -0.2) is 158 Å². The second-order valence-corrected chi connectivity index (χ2v) is 41.1. The second-order valence-electron chi connectivity index (χ2n) is 34.2. The molecule has 4 aliphatic carbocycles. The van der Waals surface area contributed by atoms with Gasteiger partial charge in [0.15, 0.2) is 0 Å². The number of phenolic OH excluding ortho intramolecular Hbond substituents is 4. The van der Waals surface area contributed by atoms with Crippen molar-refractivity contribution in [3.63, 3.8) is 0 Å². The summed E-state index contributed by atoms with van der Waals surface area (Å²) in [5, 5.41) is 55.4. The number of hydrogen-bond acceptors (Lipinski definition) is 15. The number of aryl methyl sites for hydroxylation is 2. The molecule has 1 aromatic heterocycles. The topological polar surface area (TPSA) is 281 Å². The van der Waals surface area contributed by atoms with E-state index in [4.69, 9.17) is 92.8 Å². The van der Waals surface area contributed by atoms with Crippen molar-refractivity contribution < 1.29 is 51.2 Å². The molecular formula is C97H96Cl8FN11O10S2. The molecule has 0 radical (unpaired) electrons. The Kier molecular flexibility index (Phi) is 28.0. The largest absolute Gasteiger partial charge is 0.506 e. The Morgan fingerprint density at radius 3 is 1.18 bits per heavy atom. The molecule has 0 unspecified atom stereocenters. The minimum Gasteiger partial charge on any atom is -0.506 e. The molecule has 4 amide bonds. The molecule has 32 heteroatoms. The van der Waals surface area contributed by atoms with Crippen molar-refractivity contribution in [3.05, 3.63) is 311 Å². The van der Waals surface area contributed by atoms with Gasteiger partial charge in [-0.2, -0.15) is 0 Å². The summed E-state index contributed by atoms with van der Waals surface area (Å²) < 4.78 is 68.5. The number of halogens is 9. The molecule has 0 fully saturated rings. The van der Waals surface area contributed by atoms with Gasteiger partial charge in [0.05, 0.1) is 52.2 Å². The Balaban J connectivity index is 0.000000126. The maximum absolute atomic E-state index is 13.3. The maximum atomic E-state index is 13.3. The van der Waals surface area contributed by atoms with Gasteiger partial charge >= 0.3 is 12.1 Å². The molecule has 0 bridgehead atoms. The third-order valence-corrected chi connectivity index (χ3v) is 31.4. The molecule has 129 heavy (non-hydrogen) atoms. The Morgan fingerprint density at radius 1 is 0.380 bits per heavy atom. The van der Waals surface area contributed by atoms with Crippen LogP contribution in [0.1, 0.15) is 145 Å². The predicted octanol–water partition coefficient (Wildman–Crippen LogP) is 21.9. The molecular weight excluding hydrogens is 1850 g/mol. The molecule has 5 heterocycles. The van der Waals surface area contributed by atoms with Crippen molar-refractivity contribution in [2.75, 3.05) is 90.8 Å². The number of aromatic hydroxyl groups is 4. The third-order valence-electron chi connectivity index (χ3n) is 26.5. The number of likely N-dealkylation sites (N-methyl/N-ethyl adjacent to an activating group) is 4. The zero-order valence-corrected chi connectivity index (χ0v) is 78.8. The summed E-state index contributed by atoms with van der Waals surface area (Å²) >= 11 is 49.1. The van der Waals surface area contributed by atoms with Crippen LogP contribution >= 0.6 is 92.8 Å². The van der Waals surface area contributed by atoms with E-state index < -0.39 is 37.9 Å². The zero-order valence-electron chi connectivity index (χ0n) is 71.1. The van der Waals surface area contributed by atoms with Crippen molar-refractivity contribution in [3.8, 4) is 23.0 Å². The number of fused-ring (bicyclic) bond motifs is 20. The maximum Gasteiger partial charge on any atom is 0.323 e. The van der Waals surface area contributed by atoms with Crippen LogP contribution in [-0.2, 0) is 71.4 Å². The number of hydrogen-bond donors (Lipinski definition) is 10. The van der Waals surface area contributed by atoms with Gasteiger partial charge in [0.1, 0.15) is 39.1 Å². The van der Waals surface area contributed by atoms with Crippen LogP contribution in [0.2, 0.25) is 40.4 Å². The fraction of sp³-hybridized carbons (Fsp3) is 0.309. The van der Waals surface area contributed by atoms with Crippen LogP contribution in [0.4, 0.5) is 48.1 Å². The lowest BCUT2D eigenvalue weighted by atomic mass is 9.74. The van der Waals surface area contributed by atoms with E-state index in [-0.39, 0.29) is 73.7 Å². The molecule has 674 valence electrons. The molecule has 0 saturated carbocycles. The van der Waals surface area contributed by atoms with Crippen LogP contribution in [0.5, 0.6) is 23.0 Å². The highest BCUT2D eigenvalue weighted by atomic mass is 35.5. The first-order valence-corrected chi connectivity index (χ1v) is 48.9. The van der Waals surface area contributed by atoms with Gasteiger partial charge in [0.25, 0.3) is 10.0 Å². The molecule has 4 aliphatic heterocycles. The van der Waals surface area contributed by atoms with Crippen LogP contribution in [0, 0.1) is 5.82 Å². The number of nitrogens with one attached hydrogen (secondary N) is 6. The second kappa shape index (κ2) is 38.9. The van der Waals surface area contributed by atoms with Crippen molar-refractivity contribution in [2.24, 2.45) is 0 Å². The summed E-state index contributed by atoms with van der Waals surface area (Å²) in [6, 6.07) is 51.5. The van der Waals surface area contributed by atoms with Crippen molar-refractivity contribution in [2.45, 2.75) is 137 Å². The monoisotopic (exact) mass is 1940 g/mol. The summed E-state index contributed by atoms with van der Waals surface area (Å²) in [7, 11) is 1.40. The lowest BCUT2D eigenvalue weighted by Crippen LogP contribution is -2.40. The highest BCUT2D eigenvalue weighted by Gasteiger charge is 2.43. The Morgan fingerprint density at radius 2 is 0.744 bits per heavy atom. The standard InChI is InChI=1S/C26H24Cl3N3O2.C25H23Cl3N4O2.C25H24ClFN2O3S.C21H25ClN2O3S/c1-32-10-9-15-12-21(29)23(33)13-18(15)24-17-7-6-16(11-14(17)5-8-22(24)32)30-26(34)31-25-19(27)3-2-4-20(25)28;1-32-8-7-13-9-18(26)21(33)12-17(13)24-16-3-2-4-19(15(16)5-6-20(24)32)30-25(34)29-14-10-22(27)31-23(28)11-14;1-29-12-11-15-13-21(26)24(30)14-20(15)25-19-3-2-4-22(18(19)9-10-23(25)29)28-33(31,32)17-7-5-16(27)6-8-17;1-3-28(26,27)23-15-5-6-16-13(10-15)4-7-19-21(16)17-12-20(25)18(22)11-14(17)8-9-24(19)2/h2-4,6-7,11-13,22,24,33H,5,8-10H2,1H3,(H2,30,31,34);2-4,9-12,20,24,33H,5-8H2,1H3,(H2,29,30,31,34);2-8,13-14,23,25,28,30H,9-12H2,1H3;5-6,10-12,19,21,23,25H,3-4,7-9H2,1-2H3/t22-,24+;20-,24+;23-,25+;19-,21+/m0000/s1. The van der Waals surface area contributed by atoms with Gasteiger partial charge in [-0.25, -0.2) is 35.8 Å². The summed E-state index contributed by atoms with van der Waals surface area (Å²) in [4.78, 5) is 38.8. The van der Waals surface area contributed by atoms with Crippen molar-refractivity contribution in [1.82, 2.24) is 24.6 Å². The van der Waals surface area contributed by atoms with Gasteiger partial charge in [-0.1, -0.05) is 135 Å². The van der Waals surface area contributed by atoms with E-state index >= 15 is 0 Å². The zero-order chi connectivity index (χ0) is 91.3. The molecule has 0 spiro atoms. The van der Waals surface area contributed by atoms with E-state index in [1.54, 1.807) is 37.3 Å². The normalized spacial score (nSPS) is 20.2. The number of sulfonamides is 2. The smallest absolute Gasteiger partial charge is 0.323 e. The number of rotatable bonds is 10. The van der Waals surface area contributed by atoms with Crippen molar-refractivity contribution in [1.29, 1.82) is 0 Å². The van der Waals surface area contributed by atoms with Crippen LogP contribution in [0.3, 0.4) is 0 Å². The van der Waals surface area contributed by atoms with Gasteiger partial charge in [-0.3, -0.25) is 9.44 Å². The first kappa shape index (κ1) is 92.9. The molecule has 10 N–H and O–H groups in total. The number of pyridine rings is 1. The SMILES string of the molecule is CCS(=O)(=O)Nc1ccc2c(c1)CC[C@H]1[C@H]2c2cc(O)c(Cl)cc2CCN1C.CN1CCc2cc(Cl)c(O)cc2[C@H]2c3ccc(NC(=O)Nc4c(Cl)cccc4Cl)cc3CC[C@@H]21.CN1CCc2cc(Cl)c(O)cc2[C@H]2c3cccc(NC(=O)Nc4cc(Cl)nc(Cl)c4)c3CC[C@@H]21.CN1CCc2cc(Cl)c(O)cc2[C@H]2c3cccc(NS(=O)(=O)c4ccc(F)cc4)c3CC[C@@H]21. The molecule has 8 atom stereocenters. The predicted molar refractivity (Wildman–Crippen MR) is 516 cm³/mol. The number of phenols is 4. The van der Waals surface area contributed by atoms with Crippen LogP contribution in [0.15, 0.2) is 181 Å². The lowest BCUT2D eigenvalue weighted by molar-refractivity contribution is 0.214. The van der Waals surface area contributed by atoms with Gasteiger partial charge < -0.3 is 61.3 Å². The molecule has 8 aliphatic rings. The van der Waals surface area contributed by atoms with E-state index in [0.717, 1.165) is 182 Å². The van der Waals surface area contributed by atoms with Crippen LogP contribution in [0.25, 0.3) is 0 Å². The third kappa shape index (κ3) is 20.1. The van der Waals surface area contributed by atoms with E-state index in [9.17, 15) is 51.2 Å². The number of urea groups is 2. The summed E-state index contributed by atoms with van der Waals surface area (Å²) in [6.45, 7) is 5.30. The minimum atomic E-state index is -3.87. The molecule has 11 aromatic rings. The molecule has 21 nitrogen and oxygen atoms in total. The van der Waals surface area contributed by atoms with E-state index in [1.165, 1.54) is 52.1 Å². The van der Waals surface area contributed by atoms with Gasteiger partial charge in [0.2, 0.25) is 10.0 Å². The highest BCUT2D eigenvalue weighted by Crippen LogP contribution is 2.52.